The highest BCUT2D eigenvalue weighted by atomic mass is 14.9. The van der Waals surface area contributed by atoms with E-state index in [1.165, 1.54) is 45.1 Å². The molecule has 1 aliphatic rings. The van der Waals surface area contributed by atoms with Gasteiger partial charge in [0.05, 0.1) is 0 Å². The van der Waals surface area contributed by atoms with Gasteiger partial charge in [0, 0.05) is 6.04 Å². The Morgan fingerprint density at radius 3 is 2.33 bits per heavy atom. The van der Waals surface area contributed by atoms with Crippen molar-refractivity contribution in [3.05, 3.63) is 0 Å². The van der Waals surface area contributed by atoms with Crippen LogP contribution in [0.25, 0.3) is 0 Å². The zero-order valence-electron chi connectivity index (χ0n) is 11.1. The fourth-order valence-corrected chi connectivity index (χ4v) is 2.49. The molecule has 0 bridgehead atoms. The Morgan fingerprint density at radius 1 is 1.20 bits per heavy atom. The molecule has 0 aliphatic heterocycles. The summed E-state index contributed by atoms with van der Waals surface area (Å²) in [4.78, 5) is 0. The van der Waals surface area contributed by atoms with Crippen molar-refractivity contribution in [2.45, 2.75) is 72.3 Å². The number of rotatable bonds is 8. The van der Waals surface area contributed by atoms with Crippen LogP contribution < -0.4 is 5.32 Å². The molecule has 0 aromatic rings. The third-order valence-corrected chi connectivity index (χ3v) is 3.94. The third kappa shape index (κ3) is 4.14. The standard InChI is InChI=1S/C14H29N/c1-5-7-12(3)11-13(15-10-6-2)14(4)8-9-14/h12-13,15H,5-11H2,1-4H3. The Hall–Kier alpha value is -0.0400. The first-order chi connectivity index (χ1) is 7.12. The van der Waals surface area contributed by atoms with E-state index in [0.29, 0.717) is 5.41 Å². The Bertz CT molecular complexity index is 172. The van der Waals surface area contributed by atoms with Crippen LogP contribution >= 0.6 is 0 Å². The van der Waals surface area contributed by atoms with Gasteiger partial charge in [-0.1, -0.05) is 40.5 Å². The smallest absolute Gasteiger partial charge is 0.0123 e. The van der Waals surface area contributed by atoms with Crippen LogP contribution in [-0.4, -0.2) is 12.6 Å². The number of nitrogens with one attached hydrogen (secondary N) is 1. The molecule has 0 amide bonds. The van der Waals surface area contributed by atoms with Crippen molar-refractivity contribution in [3.63, 3.8) is 0 Å². The van der Waals surface area contributed by atoms with Crippen LogP contribution in [0.3, 0.4) is 0 Å². The predicted octanol–water partition coefficient (Wildman–Crippen LogP) is 3.98. The third-order valence-electron chi connectivity index (χ3n) is 3.94. The summed E-state index contributed by atoms with van der Waals surface area (Å²) in [6.07, 6.45) is 8.23. The molecule has 1 heteroatoms. The number of hydrogen-bond acceptors (Lipinski definition) is 1. The van der Waals surface area contributed by atoms with Gasteiger partial charge in [0.2, 0.25) is 0 Å². The predicted molar refractivity (Wildman–Crippen MR) is 68.1 cm³/mol. The van der Waals surface area contributed by atoms with Crippen molar-refractivity contribution < 1.29 is 0 Å². The van der Waals surface area contributed by atoms with Gasteiger partial charge in [-0.3, -0.25) is 0 Å². The van der Waals surface area contributed by atoms with Crippen LogP contribution in [0.4, 0.5) is 0 Å². The van der Waals surface area contributed by atoms with Gasteiger partial charge in [-0.05, 0) is 43.6 Å². The second-order valence-corrected chi connectivity index (χ2v) is 5.79. The molecule has 1 fully saturated rings. The molecule has 0 saturated heterocycles. The van der Waals surface area contributed by atoms with Crippen molar-refractivity contribution in [2.75, 3.05) is 6.54 Å². The monoisotopic (exact) mass is 211 g/mol. The maximum atomic E-state index is 3.76. The second kappa shape index (κ2) is 5.89. The Balaban J connectivity index is 2.35. The van der Waals surface area contributed by atoms with Gasteiger partial charge in [0.1, 0.15) is 0 Å². The molecule has 2 unspecified atom stereocenters. The van der Waals surface area contributed by atoms with Crippen molar-refractivity contribution in [2.24, 2.45) is 11.3 Å². The van der Waals surface area contributed by atoms with Crippen LogP contribution in [0.5, 0.6) is 0 Å². The lowest BCUT2D eigenvalue weighted by atomic mass is 9.88. The lowest BCUT2D eigenvalue weighted by Crippen LogP contribution is -2.38. The van der Waals surface area contributed by atoms with Crippen molar-refractivity contribution >= 4 is 0 Å². The highest BCUT2D eigenvalue weighted by molar-refractivity contribution is 4.99. The summed E-state index contributed by atoms with van der Waals surface area (Å²) < 4.78 is 0. The molecule has 0 radical (unpaired) electrons. The van der Waals surface area contributed by atoms with Gasteiger partial charge < -0.3 is 5.32 Å². The lowest BCUT2D eigenvalue weighted by molar-refractivity contribution is 0.289. The molecular weight excluding hydrogens is 182 g/mol. The minimum absolute atomic E-state index is 0.636. The summed E-state index contributed by atoms with van der Waals surface area (Å²) in [5, 5.41) is 3.76. The normalized spacial score (nSPS) is 22.4. The van der Waals surface area contributed by atoms with Crippen molar-refractivity contribution in [1.82, 2.24) is 5.32 Å². The minimum atomic E-state index is 0.636. The molecule has 1 saturated carbocycles. The van der Waals surface area contributed by atoms with Gasteiger partial charge in [0.15, 0.2) is 0 Å². The molecule has 1 aliphatic carbocycles. The second-order valence-electron chi connectivity index (χ2n) is 5.79. The fourth-order valence-electron chi connectivity index (χ4n) is 2.49. The van der Waals surface area contributed by atoms with E-state index in [9.17, 15) is 0 Å². The van der Waals surface area contributed by atoms with Crippen molar-refractivity contribution in [1.29, 1.82) is 0 Å². The molecule has 90 valence electrons. The lowest BCUT2D eigenvalue weighted by Gasteiger charge is -2.27. The highest BCUT2D eigenvalue weighted by Gasteiger charge is 2.44. The van der Waals surface area contributed by atoms with E-state index in [0.717, 1.165) is 12.0 Å². The average molecular weight is 211 g/mol. The molecule has 0 aromatic carbocycles. The van der Waals surface area contributed by atoms with E-state index in [4.69, 9.17) is 0 Å². The van der Waals surface area contributed by atoms with Gasteiger partial charge in [-0.15, -0.1) is 0 Å². The van der Waals surface area contributed by atoms with E-state index >= 15 is 0 Å². The highest BCUT2D eigenvalue weighted by Crippen LogP contribution is 2.49. The zero-order chi connectivity index (χ0) is 11.3. The summed E-state index contributed by atoms with van der Waals surface area (Å²) in [7, 11) is 0. The van der Waals surface area contributed by atoms with Crippen LogP contribution in [0.15, 0.2) is 0 Å². The van der Waals surface area contributed by atoms with Gasteiger partial charge in [0.25, 0.3) is 0 Å². The van der Waals surface area contributed by atoms with E-state index in [1.54, 1.807) is 0 Å². The molecule has 0 spiro atoms. The minimum Gasteiger partial charge on any atom is -0.313 e. The van der Waals surface area contributed by atoms with E-state index in [2.05, 4.69) is 33.0 Å². The fraction of sp³-hybridized carbons (Fsp3) is 1.00. The topological polar surface area (TPSA) is 12.0 Å². The summed E-state index contributed by atoms with van der Waals surface area (Å²) in [6, 6.07) is 0.777. The first-order valence-electron chi connectivity index (χ1n) is 6.85. The number of hydrogen-bond donors (Lipinski definition) is 1. The van der Waals surface area contributed by atoms with Crippen LogP contribution in [-0.2, 0) is 0 Å². The molecule has 1 N–H and O–H groups in total. The Kier molecular flexibility index (Phi) is 5.11. The largest absolute Gasteiger partial charge is 0.313 e. The first-order valence-corrected chi connectivity index (χ1v) is 6.85. The summed E-state index contributed by atoms with van der Waals surface area (Å²) in [6.45, 7) is 10.6. The molecule has 2 atom stereocenters. The summed E-state index contributed by atoms with van der Waals surface area (Å²) >= 11 is 0. The van der Waals surface area contributed by atoms with Crippen LogP contribution in [0, 0.1) is 11.3 Å². The summed E-state index contributed by atoms with van der Waals surface area (Å²) in [5.74, 6) is 0.891. The van der Waals surface area contributed by atoms with Gasteiger partial charge in [-0.25, -0.2) is 0 Å². The molecule has 1 nitrogen and oxygen atoms in total. The quantitative estimate of drug-likeness (QED) is 0.640. The molecule has 1 rings (SSSR count). The SMILES string of the molecule is CCCNC(CC(C)CCC)C1(C)CC1. The van der Waals surface area contributed by atoms with E-state index < -0.39 is 0 Å². The zero-order valence-corrected chi connectivity index (χ0v) is 11.1. The Labute approximate surface area is 96.0 Å². The first kappa shape index (κ1) is 13.0. The molecule has 0 heterocycles. The molecular formula is C14H29N. The summed E-state index contributed by atoms with van der Waals surface area (Å²) in [5.41, 5.74) is 0.636. The van der Waals surface area contributed by atoms with Gasteiger partial charge >= 0.3 is 0 Å². The molecule has 0 aromatic heterocycles. The van der Waals surface area contributed by atoms with Crippen LogP contribution in [0.2, 0.25) is 0 Å². The van der Waals surface area contributed by atoms with Crippen LogP contribution in [0.1, 0.15) is 66.2 Å². The molecule has 15 heavy (non-hydrogen) atoms. The van der Waals surface area contributed by atoms with E-state index in [1.807, 2.05) is 0 Å². The maximum absolute atomic E-state index is 3.76. The van der Waals surface area contributed by atoms with Gasteiger partial charge in [-0.2, -0.15) is 0 Å². The Morgan fingerprint density at radius 2 is 1.87 bits per heavy atom. The maximum Gasteiger partial charge on any atom is 0.0123 e. The van der Waals surface area contributed by atoms with E-state index in [-0.39, 0.29) is 0 Å². The van der Waals surface area contributed by atoms with Crippen molar-refractivity contribution in [3.8, 4) is 0 Å². The average Bonchev–Trinajstić information content (AvgIpc) is 2.92.